The molecule has 0 saturated carbocycles. The zero-order chi connectivity index (χ0) is 11.3. The molecule has 5 heteroatoms. The Balaban J connectivity index is 2.55. The zero-order valence-electron chi connectivity index (χ0n) is 8.57. The maximum atomic E-state index is 10.8. The first-order chi connectivity index (χ1) is 7.15. The van der Waals surface area contributed by atoms with Crippen LogP contribution in [0.15, 0.2) is 12.3 Å². The van der Waals surface area contributed by atoms with Gasteiger partial charge in [-0.15, -0.1) is 0 Å². The number of carbonyl (C=O) groups is 1. The van der Waals surface area contributed by atoms with Crippen LogP contribution in [0.25, 0.3) is 0 Å². The fourth-order valence-electron chi connectivity index (χ4n) is 1.37. The van der Waals surface area contributed by atoms with E-state index in [1.165, 1.54) is 6.07 Å². The molecule has 1 rings (SSSR count). The second kappa shape index (κ2) is 5.78. The second-order valence-corrected chi connectivity index (χ2v) is 3.68. The van der Waals surface area contributed by atoms with Gasteiger partial charge in [0.1, 0.15) is 5.69 Å². The Kier molecular flexibility index (Phi) is 4.65. The summed E-state index contributed by atoms with van der Waals surface area (Å²) >= 11 is 5.74. The molecule has 84 valence electrons. The summed E-state index contributed by atoms with van der Waals surface area (Å²) in [6.45, 7) is 1.34. The van der Waals surface area contributed by atoms with Crippen molar-refractivity contribution >= 4 is 17.6 Å². The minimum absolute atomic E-state index is 0.234. The van der Waals surface area contributed by atoms with Crippen LogP contribution in [0, 0.1) is 0 Å². The van der Waals surface area contributed by atoms with E-state index in [1.807, 2.05) is 0 Å². The van der Waals surface area contributed by atoms with Crippen LogP contribution < -0.4 is 0 Å². The lowest BCUT2D eigenvalue weighted by Crippen LogP contribution is -2.08. The van der Waals surface area contributed by atoms with Gasteiger partial charge < -0.3 is 14.4 Å². The van der Waals surface area contributed by atoms with Gasteiger partial charge in [-0.2, -0.15) is 0 Å². The minimum atomic E-state index is -0.950. The molecule has 15 heavy (non-hydrogen) atoms. The molecule has 4 nitrogen and oxygen atoms in total. The quantitative estimate of drug-likeness (QED) is 0.764. The third-order valence-corrected chi connectivity index (χ3v) is 2.29. The number of unbranched alkanes of at least 4 members (excludes halogenated alkanes) is 1. The lowest BCUT2D eigenvalue weighted by molar-refractivity contribution is 0.0684. The van der Waals surface area contributed by atoms with Gasteiger partial charge in [-0.05, 0) is 18.9 Å². The number of hydrogen-bond donors (Lipinski definition) is 1. The van der Waals surface area contributed by atoms with Crippen molar-refractivity contribution in [1.82, 2.24) is 4.57 Å². The Hall–Kier alpha value is -1.00. The number of aromatic nitrogens is 1. The number of nitrogens with zero attached hydrogens (tertiary/aromatic N) is 1. The normalized spacial score (nSPS) is 10.5. The highest BCUT2D eigenvalue weighted by atomic mass is 35.5. The highest BCUT2D eigenvalue weighted by molar-refractivity contribution is 6.30. The average molecular weight is 232 g/mol. The van der Waals surface area contributed by atoms with Crippen LogP contribution in [-0.4, -0.2) is 29.4 Å². The van der Waals surface area contributed by atoms with E-state index in [2.05, 4.69) is 0 Å². The lowest BCUT2D eigenvalue weighted by Gasteiger charge is -2.05. The molecule has 1 aromatic heterocycles. The number of ether oxygens (including phenoxy) is 1. The number of halogens is 1. The Morgan fingerprint density at radius 3 is 2.93 bits per heavy atom. The fourth-order valence-corrected chi connectivity index (χ4v) is 1.59. The number of aryl methyl sites for hydroxylation is 1. The first-order valence-corrected chi connectivity index (χ1v) is 5.11. The molecule has 0 spiro atoms. The topological polar surface area (TPSA) is 51.5 Å². The van der Waals surface area contributed by atoms with Gasteiger partial charge in [0, 0.05) is 26.5 Å². The summed E-state index contributed by atoms with van der Waals surface area (Å²) in [6.07, 6.45) is 3.42. The first-order valence-electron chi connectivity index (χ1n) is 4.73. The predicted molar refractivity (Wildman–Crippen MR) is 57.5 cm³/mol. The molecular weight excluding hydrogens is 218 g/mol. The standard InChI is InChI=1S/C10H14ClNO3/c1-15-5-3-2-4-12-7-8(11)6-9(12)10(13)14/h6-7H,2-5H2,1H3,(H,13,14). The van der Waals surface area contributed by atoms with E-state index < -0.39 is 5.97 Å². The molecule has 0 atom stereocenters. The van der Waals surface area contributed by atoms with E-state index in [0.29, 0.717) is 18.2 Å². The van der Waals surface area contributed by atoms with E-state index in [1.54, 1.807) is 17.9 Å². The summed E-state index contributed by atoms with van der Waals surface area (Å²) in [5.74, 6) is -0.950. The van der Waals surface area contributed by atoms with Crippen LogP contribution in [0.5, 0.6) is 0 Å². The first kappa shape index (κ1) is 12.1. The molecule has 0 aliphatic carbocycles. The zero-order valence-corrected chi connectivity index (χ0v) is 9.33. The van der Waals surface area contributed by atoms with Crippen molar-refractivity contribution in [3.05, 3.63) is 23.0 Å². The Morgan fingerprint density at radius 1 is 1.60 bits per heavy atom. The van der Waals surface area contributed by atoms with Gasteiger partial charge in [-0.25, -0.2) is 4.79 Å². The van der Waals surface area contributed by atoms with Crippen molar-refractivity contribution in [3.8, 4) is 0 Å². The van der Waals surface area contributed by atoms with Gasteiger partial charge >= 0.3 is 5.97 Å². The minimum Gasteiger partial charge on any atom is -0.477 e. The van der Waals surface area contributed by atoms with Gasteiger partial charge in [-0.3, -0.25) is 0 Å². The van der Waals surface area contributed by atoms with Gasteiger partial charge in [0.05, 0.1) is 5.02 Å². The van der Waals surface area contributed by atoms with Gasteiger partial charge in [0.15, 0.2) is 0 Å². The molecule has 0 saturated heterocycles. The number of hydrogen-bond acceptors (Lipinski definition) is 2. The number of rotatable bonds is 6. The van der Waals surface area contributed by atoms with Crippen molar-refractivity contribution in [2.45, 2.75) is 19.4 Å². The predicted octanol–water partition coefficient (Wildman–Crippen LogP) is 2.27. The highest BCUT2D eigenvalue weighted by Crippen LogP contribution is 2.15. The van der Waals surface area contributed by atoms with Crippen LogP contribution >= 0.6 is 11.6 Å². The van der Waals surface area contributed by atoms with Crippen LogP contribution in [0.3, 0.4) is 0 Å². The highest BCUT2D eigenvalue weighted by Gasteiger charge is 2.10. The molecule has 0 aliphatic rings. The van der Waals surface area contributed by atoms with Gasteiger partial charge in [0.25, 0.3) is 0 Å². The third kappa shape index (κ3) is 3.57. The third-order valence-electron chi connectivity index (χ3n) is 2.08. The van der Waals surface area contributed by atoms with Crippen LogP contribution in [0.4, 0.5) is 0 Å². The molecule has 0 radical (unpaired) electrons. The summed E-state index contributed by atoms with van der Waals surface area (Å²) in [4.78, 5) is 10.8. The number of carboxylic acid groups (broad SMARTS) is 1. The lowest BCUT2D eigenvalue weighted by atomic mass is 10.3. The number of methoxy groups -OCH3 is 1. The number of aromatic carboxylic acids is 1. The largest absolute Gasteiger partial charge is 0.477 e. The second-order valence-electron chi connectivity index (χ2n) is 3.24. The molecule has 1 N–H and O–H groups in total. The number of carboxylic acids is 1. The van der Waals surface area contributed by atoms with Crippen molar-refractivity contribution in [3.63, 3.8) is 0 Å². The molecule has 1 aromatic rings. The maximum absolute atomic E-state index is 10.8. The van der Waals surface area contributed by atoms with Gasteiger partial charge in [0.2, 0.25) is 0 Å². The van der Waals surface area contributed by atoms with E-state index in [0.717, 1.165) is 12.8 Å². The molecule has 1 heterocycles. The molecule has 0 fully saturated rings. The molecule has 0 aromatic carbocycles. The van der Waals surface area contributed by atoms with E-state index >= 15 is 0 Å². The molecular formula is C10H14ClNO3. The Morgan fingerprint density at radius 2 is 2.33 bits per heavy atom. The van der Waals surface area contributed by atoms with Crippen LogP contribution in [0.1, 0.15) is 23.3 Å². The molecule has 0 unspecified atom stereocenters. The summed E-state index contributed by atoms with van der Waals surface area (Å²) in [5.41, 5.74) is 0.234. The van der Waals surface area contributed by atoms with E-state index in [4.69, 9.17) is 21.4 Å². The van der Waals surface area contributed by atoms with Gasteiger partial charge in [-0.1, -0.05) is 11.6 Å². The monoisotopic (exact) mass is 231 g/mol. The van der Waals surface area contributed by atoms with Crippen molar-refractivity contribution < 1.29 is 14.6 Å². The van der Waals surface area contributed by atoms with E-state index in [-0.39, 0.29) is 5.69 Å². The summed E-state index contributed by atoms with van der Waals surface area (Å²) in [6, 6.07) is 1.46. The van der Waals surface area contributed by atoms with Crippen molar-refractivity contribution in [2.75, 3.05) is 13.7 Å². The van der Waals surface area contributed by atoms with Crippen molar-refractivity contribution in [1.29, 1.82) is 0 Å². The Bertz CT molecular complexity index is 335. The van der Waals surface area contributed by atoms with E-state index in [9.17, 15) is 4.79 Å². The van der Waals surface area contributed by atoms with Crippen LogP contribution in [-0.2, 0) is 11.3 Å². The molecule has 0 amide bonds. The fraction of sp³-hybridized carbons (Fsp3) is 0.500. The summed E-state index contributed by atoms with van der Waals surface area (Å²) in [7, 11) is 1.65. The summed E-state index contributed by atoms with van der Waals surface area (Å²) in [5, 5.41) is 9.34. The molecule has 0 bridgehead atoms. The van der Waals surface area contributed by atoms with Crippen LogP contribution in [0.2, 0.25) is 5.02 Å². The Labute approximate surface area is 93.4 Å². The maximum Gasteiger partial charge on any atom is 0.352 e. The van der Waals surface area contributed by atoms with Crippen molar-refractivity contribution in [2.24, 2.45) is 0 Å². The smallest absolute Gasteiger partial charge is 0.352 e. The molecule has 0 aliphatic heterocycles. The summed E-state index contributed by atoms with van der Waals surface area (Å²) < 4.78 is 6.56. The SMILES string of the molecule is COCCCCn1cc(Cl)cc1C(=O)O. The average Bonchev–Trinajstić information content (AvgIpc) is 2.55.